The zero-order valence-corrected chi connectivity index (χ0v) is 16.1. The lowest BCUT2D eigenvalue weighted by atomic mass is 10.0. The molecule has 0 fully saturated rings. The minimum absolute atomic E-state index is 0.0241. The topological polar surface area (TPSA) is 54.9 Å². The van der Waals surface area contributed by atoms with E-state index in [1.807, 2.05) is 32.2 Å². The summed E-state index contributed by atoms with van der Waals surface area (Å²) in [5.74, 6) is 1.04. The second-order valence-electron chi connectivity index (χ2n) is 6.30. The van der Waals surface area contributed by atoms with Crippen molar-refractivity contribution in [3.05, 3.63) is 44.3 Å². The minimum Gasteiger partial charge on any atom is -0.343 e. The Morgan fingerprint density at radius 3 is 2.58 bits per heavy atom. The van der Waals surface area contributed by atoms with Crippen LogP contribution in [0.2, 0.25) is 0 Å². The molecule has 3 heterocycles. The minimum atomic E-state index is -0.0281. The molecule has 0 saturated heterocycles. The summed E-state index contributed by atoms with van der Waals surface area (Å²) < 4.78 is 0. The molecule has 0 unspecified atom stereocenters. The van der Waals surface area contributed by atoms with Crippen LogP contribution in [0.3, 0.4) is 0 Å². The Morgan fingerprint density at radius 2 is 1.96 bits per heavy atom. The fraction of sp³-hybridized carbons (Fsp3) is 0.389. The Balaban J connectivity index is 1.97. The third kappa shape index (κ3) is 3.08. The molecule has 126 valence electrons. The Bertz CT molecular complexity index is 881. The number of amides is 1. The van der Waals surface area contributed by atoms with Gasteiger partial charge in [0.2, 0.25) is 0 Å². The van der Waals surface area contributed by atoms with Crippen molar-refractivity contribution in [1.29, 1.82) is 0 Å². The number of nitrogens with zero attached hydrogens (tertiary/aromatic N) is 2. The van der Waals surface area contributed by atoms with Gasteiger partial charge in [0, 0.05) is 16.0 Å². The molecule has 0 bridgehead atoms. The molecule has 3 rings (SSSR count). The van der Waals surface area contributed by atoms with E-state index in [4.69, 9.17) is 0 Å². The van der Waals surface area contributed by atoms with Gasteiger partial charge in [-0.25, -0.2) is 9.97 Å². The first-order valence-corrected chi connectivity index (χ1v) is 9.66. The van der Waals surface area contributed by atoms with Gasteiger partial charge in [0.15, 0.2) is 0 Å². The SMILES string of the molecule is Cc1nc(C)c2c(C)c(C(=O)N[C@H](c3cccs3)C(C)C)sc2n1. The van der Waals surface area contributed by atoms with E-state index in [9.17, 15) is 4.79 Å². The molecule has 0 aliphatic carbocycles. The molecule has 1 N–H and O–H groups in total. The number of thiophene rings is 2. The second kappa shape index (κ2) is 6.61. The van der Waals surface area contributed by atoms with E-state index >= 15 is 0 Å². The molecule has 24 heavy (non-hydrogen) atoms. The van der Waals surface area contributed by atoms with E-state index in [2.05, 4.69) is 35.2 Å². The largest absolute Gasteiger partial charge is 0.343 e. The molecule has 0 aliphatic rings. The summed E-state index contributed by atoms with van der Waals surface area (Å²) in [7, 11) is 0. The number of rotatable bonds is 4. The highest BCUT2D eigenvalue weighted by Crippen LogP contribution is 2.32. The number of carbonyl (C=O) groups is 1. The highest BCUT2D eigenvalue weighted by Gasteiger charge is 2.24. The molecular formula is C18H21N3OS2. The average Bonchev–Trinajstić information content (AvgIpc) is 3.12. The van der Waals surface area contributed by atoms with Gasteiger partial charge in [0.25, 0.3) is 5.91 Å². The van der Waals surface area contributed by atoms with E-state index in [-0.39, 0.29) is 11.9 Å². The molecule has 0 aromatic carbocycles. The lowest BCUT2D eigenvalue weighted by molar-refractivity contribution is 0.0930. The van der Waals surface area contributed by atoms with Crippen LogP contribution in [0.5, 0.6) is 0 Å². The molecule has 6 heteroatoms. The maximum absolute atomic E-state index is 12.9. The Hall–Kier alpha value is -1.79. The number of fused-ring (bicyclic) bond motifs is 1. The highest BCUT2D eigenvalue weighted by molar-refractivity contribution is 7.20. The molecule has 1 atom stereocenters. The Labute approximate surface area is 150 Å². The van der Waals surface area contributed by atoms with Crippen LogP contribution in [0.4, 0.5) is 0 Å². The Kier molecular flexibility index (Phi) is 4.69. The van der Waals surface area contributed by atoms with Crippen molar-refractivity contribution in [2.75, 3.05) is 0 Å². The van der Waals surface area contributed by atoms with E-state index < -0.39 is 0 Å². The molecule has 1 amide bonds. The molecule has 4 nitrogen and oxygen atoms in total. The fourth-order valence-corrected chi connectivity index (χ4v) is 5.06. The summed E-state index contributed by atoms with van der Waals surface area (Å²) in [5.41, 5.74) is 1.91. The van der Waals surface area contributed by atoms with Crippen molar-refractivity contribution in [2.24, 2.45) is 5.92 Å². The summed E-state index contributed by atoms with van der Waals surface area (Å²) in [5, 5.41) is 6.26. The van der Waals surface area contributed by atoms with Crippen molar-refractivity contribution in [3.63, 3.8) is 0 Å². The third-order valence-corrected chi connectivity index (χ3v) is 6.23. The number of hydrogen-bond acceptors (Lipinski definition) is 5. The first-order chi connectivity index (χ1) is 11.4. The monoisotopic (exact) mass is 359 g/mol. The van der Waals surface area contributed by atoms with Crippen LogP contribution in [-0.2, 0) is 0 Å². The number of aryl methyl sites for hydroxylation is 3. The van der Waals surface area contributed by atoms with Gasteiger partial charge >= 0.3 is 0 Å². The van der Waals surface area contributed by atoms with Gasteiger partial charge in [-0.15, -0.1) is 22.7 Å². The van der Waals surface area contributed by atoms with Crippen LogP contribution in [0.1, 0.15) is 51.5 Å². The maximum atomic E-state index is 12.9. The maximum Gasteiger partial charge on any atom is 0.262 e. The molecule has 0 spiro atoms. The second-order valence-corrected chi connectivity index (χ2v) is 8.28. The van der Waals surface area contributed by atoms with E-state index in [1.165, 1.54) is 16.2 Å². The van der Waals surface area contributed by atoms with Gasteiger partial charge in [0.1, 0.15) is 10.7 Å². The van der Waals surface area contributed by atoms with E-state index in [1.54, 1.807) is 11.3 Å². The molecule has 0 radical (unpaired) electrons. The van der Waals surface area contributed by atoms with Crippen LogP contribution < -0.4 is 5.32 Å². The van der Waals surface area contributed by atoms with Gasteiger partial charge in [-0.3, -0.25) is 4.79 Å². The average molecular weight is 360 g/mol. The molecule has 3 aromatic heterocycles. The lowest BCUT2D eigenvalue weighted by Gasteiger charge is -2.21. The first kappa shape index (κ1) is 17.0. The summed E-state index contributed by atoms with van der Waals surface area (Å²) in [6.45, 7) is 10.1. The summed E-state index contributed by atoms with van der Waals surface area (Å²) in [6, 6.07) is 4.12. The number of nitrogens with one attached hydrogen (secondary N) is 1. The quantitative estimate of drug-likeness (QED) is 0.727. The smallest absolute Gasteiger partial charge is 0.262 e. The van der Waals surface area contributed by atoms with Crippen LogP contribution in [-0.4, -0.2) is 15.9 Å². The number of hydrogen-bond donors (Lipinski definition) is 1. The highest BCUT2D eigenvalue weighted by atomic mass is 32.1. The lowest BCUT2D eigenvalue weighted by Crippen LogP contribution is -2.31. The van der Waals surface area contributed by atoms with E-state index in [0.29, 0.717) is 5.92 Å². The Morgan fingerprint density at radius 1 is 1.21 bits per heavy atom. The normalized spacial score (nSPS) is 12.8. The summed E-state index contributed by atoms with van der Waals surface area (Å²) >= 11 is 3.13. The number of carbonyl (C=O) groups excluding carboxylic acids is 1. The molecule has 0 saturated carbocycles. The molecule has 3 aromatic rings. The molecule has 0 aliphatic heterocycles. The van der Waals surface area contributed by atoms with Crippen LogP contribution in [0.15, 0.2) is 17.5 Å². The van der Waals surface area contributed by atoms with Gasteiger partial charge in [0.05, 0.1) is 10.9 Å². The third-order valence-electron chi connectivity index (χ3n) is 4.09. The van der Waals surface area contributed by atoms with Crippen molar-refractivity contribution in [2.45, 2.75) is 40.7 Å². The predicted octanol–water partition coefficient (Wildman–Crippen LogP) is 4.81. The fourth-order valence-electron chi connectivity index (χ4n) is 2.93. The van der Waals surface area contributed by atoms with Crippen LogP contribution in [0.25, 0.3) is 10.2 Å². The van der Waals surface area contributed by atoms with Crippen LogP contribution in [0, 0.1) is 26.7 Å². The zero-order chi connectivity index (χ0) is 17.4. The van der Waals surface area contributed by atoms with Crippen molar-refractivity contribution in [3.8, 4) is 0 Å². The van der Waals surface area contributed by atoms with Gasteiger partial charge in [-0.1, -0.05) is 19.9 Å². The number of aromatic nitrogens is 2. The van der Waals surface area contributed by atoms with Crippen molar-refractivity contribution in [1.82, 2.24) is 15.3 Å². The van der Waals surface area contributed by atoms with Gasteiger partial charge in [-0.05, 0) is 43.7 Å². The van der Waals surface area contributed by atoms with Crippen LogP contribution >= 0.6 is 22.7 Å². The van der Waals surface area contributed by atoms with E-state index in [0.717, 1.165) is 32.2 Å². The van der Waals surface area contributed by atoms with Gasteiger partial charge in [-0.2, -0.15) is 0 Å². The summed E-state index contributed by atoms with van der Waals surface area (Å²) in [4.78, 5) is 24.6. The summed E-state index contributed by atoms with van der Waals surface area (Å²) in [6.07, 6.45) is 0. The predicted molar refractivity (Wildman–Crippen MR) is 101 cm³/mol. The van der Waals surface area contributed by atoms with Crippen molar-refractivity contribution >= 4 is 38.8 Å². The zero-order valence-electron chi connectivity index (χ0n) is 14.5. The first-order valence-electron chi connectivity index (χ1n) is 7.97. The molecular weight excluding hydrogens is 338 g/mol. The van der Waals surface area contributed by atoms with Gasteiger partial charge < -0.3 is 5.32 Å². The van der Waals surface area contributed by atoms with Crippen molar-refractivity contribution < 1.29 is 4.79 Å². The standard InChI is InChI=1S/C18H21N3OS2/c1-9(2)15(13-7-6-8-23-13)21-17(22)16-10(3)14-11(4)19-12(5)20-18(14)24-16/h6-9,15H,1-5H3,(H,21,22)/t15-/m0/s1.